The van der Waals surface area contributed by atoms with E-state index in [1.807, 2.05) is 13.0 Å². The molecule has 0 fully saturated rings. The second kappa shape index (κ2) is 6.20. The zero-order valence-electron chi connectivity index (χ0n) is 9.14. The highest BCUT2D eigenvalue weighted by atomic mass is 79.9. The molecule has 1 aromatic heterocycles. The van der Waals surface area contributed by atoms with E-state index in [1.165, 1.54) is 0 Å². The molecule has 96 valence electrons. The number of nitrogens with one attached hydrogen (secondary N) is 1. The maximum atomic E-state index is 11.7. The van der Waals surface area contributed by atoms with Crippen LogP contribution in [0.2, 0.25) is 0 Å². The third-order valence-electron chi connectivity index (χ3n) is 1.78. The molecule has 0 unspecified atom stereocenters. The molecule has 7 heteroatoms. The number of pyridine rings is 1. The molecule has 1 N–H and O–H groups in total. The minimum atomic E-state index is -4.28. The van der Waals surface area contributed by atoms with Gasteiger partial charge in [0, 0.05) is 12.7 Å². The number of hydrogen-bond acceptors (Lipinski definition) is 3. The van der Waals surface area contributed by atoms with Crippen LogP contribution in [0.5, 0.6) is 0 Å². The van der Waals surface area contributed by atoms with Crippen molar-refractivity contribution in [1.82, 2.24) is 4.98 Å². The maximum absolute atomic E-state index is 11.7. The minimum Gasteiger partial charge on any atom is -0.370 e. The number of anilines is 1. The van der Waals surface area contributed by atoms with Gasteiger partial charge in [-0.1, -0.05) is 0 Å². The lowest BCUT2D eigenvalue weighted by atomic mass is 10.3. The van der Waals surface area contributed by atoms with Crippen molar-refractivity contribution in [3.63, 3.8) is 0 Å². The third-order valence-corrected chi connectivity index (χ3v) is 2.39. The molecule has 0 saturated heterocycles. The first-order valence-electron chi connectivity index (χ1n) is 4.89. The van der Waals surface area contributed by atoms with Gasteiger partial charge in [0.15, 0.2) is 0 Å². The topological polar surface area (TPSA) is 34.2 Å². The van der Waals surface area contributed by atoms with E-state index in [-0.39, 0.29) is 13.2 Å². The second-order valence-corrected chi connectivity index (χ2v) is 4.29. The SMILES string of the molecule is Cc1cnc(NCCOCC(F)(F)F)c(Br)c1. The zero-order chi connectivity index (χ0) is 12.9. The molecule has 1 heterocycles. The summed E-state index contributed by atoms with van der Waals surface area (Å²) in [5.74, 6) is 0.589. The van der Waals surface area contributed by atoms with Crippen LogP contribution >= 0.6 is 15.9 Å². The Morgan fingerprint density at radius 1 is 1.47 bits per heavy atom. The van der Waals surface area contributed by atoms with Crippen molar-refractivity contribution in [1.29, 1.82) is 0 Å². The van der Waals surface area contributed by atoms with Crippen LogP contribution in [0.1, 0.15) is 5.56 Å². The molecular formula is C10H12BrF3N2O. The van der Waals surface area contributed by atoms with E-state index in [0.717, 1.165) is 10.0 Å². The summed E-state index contributed by atoms with van der Waals surface area (Å²) in [6, 6.07) is 1.87. The van der Waals surface area contributed by atoms with Gasteiger partial charge in [-0.05, 0) is 34.5 Å². The Morgan fingerprint density at radius 3 is 2.76 bits per heavy atom. The average Bonchev–Trinajstić information content (AvgIpc) is 2.18. The summed E-state index contributed by atoms with van der Waals surface area (Å²) in [5, 5.41) is 2.88. The summed E-state index contributed by atoms with van der Waals surface area (Å²) in [6.07, 6.45) is -2.60. The smallest absolute Gasteiger partial charge is 0.370 e. The third kappa shape index (κ3) is 5.88. The lowest BCUT2D eigenvalue weighted by Gasteiger charge is -2.10. The number of ether oxygens (including phenoxy) is 1. The standard InChI is InChI=1S/C10H12BrF3N2O/c1-7-4-8(11)9(16-5-7)15-2-3-17-6-10(12,13)14/h4-5H,2-3,6H2,1H3,(H,15,16). The van der Waals surface area contributed by atoms with Crippen LogP contribution in [0, 0.1) is 6.92 Å². The first-order chi connectivity index (χ1) is 7.88. The molecule has 1 rings (SSSR count). The van der Waals surface area contributed by atoms with E-state index in [0.29, 0.717) is 5.82 Å². The van der Waals surface area contributed by atoms with Gasteiger partial charge in [-0.2, -0.15) is 13.2 Å². The molecular weight excluding hydrogens is 301 g/mol. The van der Waals surface area contributed by atoms with E-state index < -0.39 is 12.8 Å². The van der Waals surface area contributed by atoms with Crippen LogP contribution in [-0.4, -0.2) is 30.9 Å². The summed E-state index contributed by atoms with van der Waals surface area (Å²) in [4.78, 5) is 4.09. The van der Waals surface area contributed by atoms with Crippen LogP contribution in [0.25, 0.3) is 0 Å². The van der Waals surface area contributed by atoms with E-state index in [4.69, 9.17) is 0 Å². The second-order valence-electron chi connectivity index (χ2n) is 3.44. The van der Waals surface area contributed by atoms with Crippen molar-refractivity contribution in [2.45, 2.75) is 13.1 Å². The fourth-order valence-electron chi connectivity index (χ4n) is 1.09. The fraction of sp³-hybridized carbons (Fsp3) is 0.500. The minimum absolute atomic E-state index is 0.0263. The van der Waals surface area contributed by atoms with Crippen LogP contribution in [0.3, 0.4) is 0 Å². The monoisotopic (exact) mass is 312 g/mol. The molecule has 0 spiro atoms. The van der Waals surface area contributed by atoms with Gasteiger partial charge in [-0.25, -0.2) is 4.98 Å². The Kier molecular flexibility index (Phi) is 5.20. The van der Waals surface area contributed by atoms with Crippen molar-refractivity contribution in [2.75, 3.05) is 25.1 Å². The van der Waals surface area contributed by atoms with Gasteiger partial charge in [0.05, 0.1) is 11.1 Å². The Labute approximate surface area is 106 Å². The van der Waals surface area contributed by atoms with E-state index in [2.05, 4.69) is 31.0 Å². The number of alkyl halides is 3. The number of halogens is 4. The predicted octanol–water partition coefficient (Wildman–Crippen LogP) is 3.14. The van der Waals surface area contributed by atoms with Crippen LogP contribution in [-0.2, 0) is 4.74 Å². The molecule has 0 saturated carbocycles. The maximum Gasteiger partial charge on any atom is 0.411 e. The Balaban J connectivity index is 2.27. The fourth-order valence-corrected chi connectivity index (χ4v) is 1.70. The van der Waals surface area contributed by atoms with Crippen LogP contribution in [0.15, 0.2) is 16.7 Å². The van der Waals surface area contributed by atoms with Gasteiger partial charge >= 0.3 is 6.18 Å². The number of aryl methyl sites for hydroxylation is 1. The molecule has 1 aromatic rings. The van der Waals surface area contributed by atoms with Crippen molar-refractivity contribution < 1.29 is 17.9 Å². The van der Waals surface area contributed by atoms with Gasteiger partial charge in [0.1, 0.15) is 12.4 Å². The van der Waals surface area contributed by atoms with E-state index >= 15 is 0 Å². The highest BCUT2D eigenvalue weighted by Crippen LogP contribution is 2.20. The molecule has 17 heavy (non-hydrogen) atoms. The zero-order valence-corrected chi connectivity index (χ0v) is 10.7. The first kappa shape index (κ1) is 14.2. The Bertz CT molecular complexity index is 371. The van der Waals surface area contributed by atoms with Crippen molar-refractivity contribution in [3.8, 4) is 0 Å². The normalized spacial score (nSPS) is 11.6. The van der Waals surface area contributed by atoms with Gasteiger partial charge in [0.25, 0.3) is 0 Å². The first-order valence-corrected chi connectivity index (χ1v) is 5.68. The van der Waals surface area contributed by atoms with Gasteiger partial charge in [0.2, 0.25) is 0 Å². The highest BCUT2D eigenvalue weighted by molar-refractivity contribution is 9.10. The molecule has 0 aromatic carbocycles. The van der Waals surface area contributed by atoms with Gasteiger partial charge in [-0.15, -0.1) is 0 Å². The molecule has 0 radical (unpaired) electrons. The highest BCUT2D eigenvalue weighted by Gasteiger charge is 2.27. The summed E-state index contributed by atoms with van der Waals surface area (Å²) in [6.45, 7) is 0.914. The van der Waals surface area contributed by atoms with Crippen molar-refractivity contribution in [3.05, 3.63) is 22.3 Å². The summed E-state index contributed by atoms with van der Waals surface area (Å²) in [7, 11) is 0. The van der Waals surface area contributed by atoms with E-state index in [1.54, 1.807) is 6.20 Å². The van der Waals surface area contributed by atoms with Crippen LogP contribution < -0.4 is 5.32 Å². The van der Waals surface area contributed by atoms with Crippen molar-refractivity contribution >= 4 is 21.7 Å². The Morgan fingerprint density at radius 2 is 2.18 bits per heavy atom. The summed E-state index contributed by atoms with van der Waals surface area (Å²) in [5.41, 5.74) is 0.996. The van der Waals surface area contributed by atoms with E-state index in [9.17, 15) is 13.2 Å². The molecule has 0 aliphatic heterocycles. The number of hydrogen-bond donors (Lipinski definition) is 1. The summed E-state index contributed by atoms with van der Waals surface area (Å²) >= 11 is 3.30. The lowest BCUT2D eigenvalue weighted by molar-refractivity contribution is -0.172. The number of nitrogens with zero attached hydrogens (tertiary/aromatic N) is 1. The van der Waals surface area contributed by atoms with Gasteiger partial charge in [-0.3, -0.25) is 0 Å². The average molecular weight is 313 g/mol. The number of rotatable bonds is 5. The molecule has 0 aliphatic carbocycles. The quantitative estimate of drug-likeness (QED) is 0.848. The Hall–Kier alpha value is -0.820. The molecule has 0 amide bonds. The molecule has 0 atom stereocenters. The molecule has 3 nitrogen and oxygen atoms in total. The molecule has 0 aliphatic rings. The van der Waals surface area contributed by atoms with Gasteiger partial charge < -0.3 is 10.1 Å². The van der Waals surface area contributed by atoms with Crippen molar-refractivity contribution in [2.24, 2.45) is 0 Å². The molecule has 0 bridgehead atoms. The van der Waals surface area contributed by atoms with Crippen LogP contribution in [0.4, 0.5) is 19.0 Å². The predicted molar refractivity (Wildman–Crippen MR) is 62.0 cm³/mol. The number of aromatic nitrogens is 1. The summed E-state index contributed by atoms with van der Waals surface area (Å²) < 4.78 is 40.5. The largest absolute Gasteiger partial charge is 0.411 e. The lowest BCUT2D eigenvalue weighted by Crippen LogP contribution is -2.20.